The van der Waals surface area contributed by atoms with Crippen LogP contribution in [0, 0.1) is 0 Å². The van der Waals surface area contributed by atoms with Gasteiger partial charge in [0.25, 0.3) is 11.7 Å². The highest BCUT2D eigenvalue weighted by Gasteiger charge is 2.29. The van der Waals surface area contributed by atoms with E-state index >= 15 is 0 Å². The van der Waals surface area contributed by atoms with Gasteiger partial charge in [-0.15, -0.1) is 0 Å². The number of amides is 1. The number of Topliss-reactive ketones (excluding diaryl/α,β-unsaturated/α-hetero) is 1. The van der Waals surface area contributed by atoms with Crippen molar-refractivity contribution < 1.29 is 18.0 Å². The SMILES string of the molecule is CCC(C)NS(=O)(=O)c1ccc2c(c1)C(=O)C(=O)N2. The van der Waals surface area contributed by atoms with Crippen molar-refractivity contribution in [2.75, 3.05) is 5.32 Å². The van der Waals surface area contributed by atoms with E-state index in [-0.39, 0.29) is 16.5 Å². The van der Waals surface area contributed by atoms with Crippen LogP contribution in [-0.2, 0) is 14.8 Å². The molecule has 1 unspecified atom stereocenters. The zero-order chi connectivity index (χ0) is 14.2. The molecule has 0 aromatic heterocycles. The minimum Gasteiger partial charge on any atom is -0.318 e. The maximum absolute atomic E-state index is 12.1. The Morgan fingerprint density at radius 1 is 1.32 bits per heavy atom. The van der Waals surface area contributed by atoms with Gasteiger partial charge in [-0.05, 0) is 31.5 Å². The van der Waals surface area contributed by atoms with Crippen molar-refractivity contribution in [2.45, 2.75) is 31.2 Å². The molecule has 1 aliphatic rings. The molecule has 1 atom stereocenters. The first-order valence-electron chi connectivity index (χ1n) is 5.87. The molecule has 2 rings (SSSR count). The fraction of sp³-hybridized carbons (Fsp3) is 0.333. The van der Waals surface area contributed by atoms with Crippen molar-refractivity contribution in [3.8, 4) is 0 Å². The Morgan fingerprint density at radius 3 is 2.63 bits per heavy atom. The van der Waals surface area contributed by atoms with Crippen LogP contribution in [0.15, 0.2) is 23.1 Å². The maximum atomic E-state index is 12.1. The van der Waals surface area contributed by atoms with Gasteiger partial charge in [0.05, 0.1) is 16.1 Å². The molecule has 6 nitrogen and oxygen atoms in total. The molecule has 7 heteroatoms. The lowest BCUT2D eigenvalue weighted by Gasteiger charge is -2.12. The topological polar surface area (TPSA) is 92.3 Å². The molecule has 1 aromatic carbocycles. The number of nitrogens with one attached hydrogen (secondary N) is 2. The van der Waals surface area contributed by atoms with Crippen LogP contribution in [0.4, 0.5) is 5.69 Å². The molecule has 1 heterocycles. The van der Waals surface area contributed by atoms with Gasteiger partial charge in [0.15, 0.2) is 0 Å². The minimum atomic E-state index is -3.68. The summed E-state index contributed by atoms with van der Waals surface area (Å²) in [4.78, 5) is 22.7. The van der Waals surface area contributed by atoms with Crippen LogP contribution in [0.25, 0.3) is 0 Å². The number of hydrogen-bond acceptors (Lipinski definition) is 4. The van der Waals surface area contributed by atoms with E-state index in [0.717, 1.165) is 0 Å². The van der Waals surface area contributed by atoms with Gasteiger partial charge >= 0.3 is 0 Å². The van der Waals surface area contributed by atoms with Gasteiger partial charge in [-0.3, -0.25) is 9.59 Å². The average Bonchev–Trinajstić information content (AvgIpc) is 2.64. The number of hydrogen-bond donors (Lipinski definition) is 2. The van der Waals surface area contributed by atoms with Crippen LogP contribution in [0.1, 0.15) is 30.6 Å². The Kier molecular flexibility index (Phi) is 3.42. The summed E-state index contributed by atoms with van der Waals surface area (Å²) in [5.41, 5.74) is 0.439. The standard InChI is InChI=1S/C12H14N2O4S/c1-3-7(2)14-19(17,18)8-4-5-10-9(6-8)11(15)12(16)13-10/h4-7,14H,3H2,1-2H3,(H,13,15,16). The minimum absolute atomic E-state index is 0.0172. The van der Waals surface area contributed by atoms with Gasteiger partial charge in [-0.25, -0.2) is 13.1 Å². The molecule has 0 saturated carbocycles. The van der Waals surface area contributed by atoms with Gasteiger partial charge in [0, 0.05) is 6.04 Å². The molecule has 0 fully saturated rings. The van der Waals surface area contributed by atoms with Gasteiger partial charge in [0.1, 0.15) is 0 Å². The monoisotopic (exact) mass is 282 g/mol. The van der Waals surface area contributed by atoms with Crippen molar-refractivity contribution in [1.29, 1.82) is 0 Å². The van der Waals surface area contributed by atoms with Crippen LogP contribution in [0.2, 0.25) is 0 Å². The summed E-state index contributed by atoms with van der Waals surface area (Å²) in [5, 5.41) is 2.37. The predicted molar refractivity (Wildman–Crippen MR) is 69.5 cm³/mol. The molecular weight excluding hydrogens is 268 g/mol. The van der Waals surface area contributed by atoms with Crippen LogP contribution in [-0.4, -0.2) is 26.2 Å². The summed E-state index contributed by atoms with van der Waals surface area (Å²) >= 11 is 0. The van der Waals surface area contributed by atoms with E-state index in [2.05, 4.69) is 10.0 Å². The quantitative estimate of drug-likeness (QED) is 0.802. The zero-order valence-corrected chi connectivity index (χ0v) is 11.4. The number of ketones is 1. The lowest BCUT2D eigenvalue weighted by atomic mass is 10.1. The highest BCUT2D eigenvalue weighted by atomic mass is 32.2. The second-order valence-corrected chi connectivity index (χ2v) is 6.14. The lowest BCUT2D eigenvalue weighted by molar-refractivity contribution is -0.112. The molecule has 0 spiro atoms. The van der Waals surface area contributed by atoms with Gasteiger partial charge in [0.2, 0.25) is 10.0 Å². The van der Waals surface area contributed by atoms with Gasteiger partial charge < -0.3 is 5.32 Å². The summed E-state index contributed by atoms with van der Waals surface area (Å²) < 4.78 is 26.6. The summed E-state index contributed by atoms with van der Waals surface area (Å²) in [6.07, 6.45) is 0.656. The number of carbonyl (C=O) groups excluding carboxylic acids is 2. The van der Waals surface area contributed by atoms with E-state index in [1.807, 2.05) is 6.92 Å². The third-order valence-electron chi connectivity index (χ3n) is 2.97. The van der Waals surface area contributed by atoms with E-state index in [9.17, 15) is 18.0 Å². The van der Waals surface area contributed by atoms with Crippen molar-refractivity contribution in [1.82, 2.24) is 4.72 Å². The molecule has 1 amide bonds. The van der Waals surface area contributed by atoms with Crippen LogP contribution >= 0.6 is 0 Å². The highest BCUT2D eigenvalue weighted by molar-refractivity contribution is 7.89. The fourth-order valence-electron chi connectivity index (χ4n) is 1.71. The molecule has 2 N–H and O–H groups in total. The van der Waals surface area contributed by atoms with E-state index in [4.69, 9.17) is 0 Å². The molecule has 19 heavy (non-hydrogen) atoms. The second-order valence-electron chi connectivity index (χ2n) is 4.42. The molecule has 0 saturated heterocycles. The molecular formula is C12H14N2O4S. The Balaban J connectivity index is 2.39. The first-order valence-corrected chi connectivity index (χ1v) is 7.35. The Labute approximate surface area is 111 Å². The summed E-state index contributed by atoms with van der Waals surface area (Å²) in [6, 6.07) is 3.81. The summed E-state index contributed by atoms with van der Waals surface area (Å²) in [5.74, 6) is -1.45. The van der Waals surface area contributed by atoms with Crippen LogP contribution in [0.3, 0.4) is 0 Å². The first kappa shape index (κ1) is 13.7. The lowest BCUT2D eigenvalue weighted by Crippen LogP contribution is -2.32. The van der Waals surface area contributed by atoms with Crippen molar-refractivity contribution in [3.05, 3.63) is 23.8 Å². The number of benzene rings is 1. The molecule has 1 aromatic rings. The second kappa shape index (κ2) is 4.75. The smallest absolute Gasteiger partial charge is 0.296 e. The number of sulfonamides is 1. The largest absolute Gasteiger partial charge is 0.318 e. The Bertz CT molecular complexity index is 652. The highest BCUT2D eigenvalue weighted by Crippen LogP contribution is 2.25. The molecule has 0 radical (unpaired) electrons. The van der Waals surface area contributed by atoms with Gasteiger partial charge in [-0.1, -0.05) is 6.92 Å². The third kappa shape index (κ3) is 2.52. The Morgan fingerprint density at radius 2 is 2.00 bits per heavy atom. The summed E-state index contributed by atoms with van der Waals surface area (Å²) in [6.45, 7) is 3.61. The molecule has 0 bridgehead atoms. The fourth-order valence-corrected chi connectivity index (χ4v) is 3.06. The van der Waals surface area contributed by atoms with Crippen molar-refractivity contribution in [3.63, 3.8) is 0 Å². The maximum Gasteiger partial charge on any atom is 0.296 e. The number of fused-ring (bicyclic) bond motifs is 1. The van der Waals surface area contributed by atoms with Gasteiger partial charge in [-0.2, -0.15) is 0 Å². The number of anilines is 1. The van der Waals surface area contributed by atoms with Crippen LogP contribution < -0.4 is 10.0 Å². The van der Waals surface area contributed by atoms with Crippen molar-refractivity contribution >= 4 is 27.4 Å². The molecule has 0 aliphatic carbocycles. The van der Waals surface area contributed by atoms with E-state index in [1.165, 1.54) is 18.2 Å². The third-order valence-corrected chi connectivity index (χ3v) is 4.56. The normalized spacial score (nSPS) is 16.1. The number of carbonyl (C=O) groups is 2. The summed E-state index contributed by atoms with van der Waals surface area (Å²) in [7, 11) is -3.68. The Hall–Kier alpha value is -1.73. The van der Waals surface area contributed by atoms with E-state index in [1.54, 1.807) is 6.92 Å². The number of rotatable bonds is 4. The first-order chi connectivity index (χ1) is 8.85. The predicted octanol–water partition coefficient (Wildman–Crippen LogP) is 0.898. The van der Waals surface area contributed by atoms with Crippen LogP contribution in [0.5, 0.6) is 0 Å². The van der Waals surface area contributed by atoms with E-state index < -0.39 is 21.7 Å². The molecule has 102 valence electrons. The average molecular weight is 282 g/mol. The van der Waals surface area contributed by atoms with Crippen molar-refractivity contribution in [2.24, 2.45) is 0 Å². The molecule has 1 aliphatic heterocycles. The van der Waals surface area contributed by atoms with E-state index in [0.29, 0.717) is 12.1 Å². The zero-order valence-electron chi connectivity index (χ0n) is 10.6.